The summed E-state index contributed by atoms with van der Waals surface area (Å²) in [5, 5.41) is 10.8. The third-order valence-electron chi connectivity index (χ3n) is 5.04. The van der Waals surface area contributed by atoms with E-state index in [0.717, 1.165) is 54.7 Å². The van der Waals surface area contributed by atoms with Gasteiger partial charge in [0.1, 0.15) is 5.58 Å². The van der Waals surface area contributed by atoms with E-state index in [1.165, 1.54) is 6.07 Å². The Morgan fingerprint density at radius 2 is 2.07 bits per heavy atom. The van der Waals surface area contributed by atoms with Gasteiger partial charge in [-0.05, 0) is 56.5 Å². The number of benzene rings is 1. The number of hydrogen-bond acceptors (Lipinski definition) is 6. The fourth-order valence-corrected chi connectivity index (χ4v) is 3.53. The Balaban J connectivity index is 0.000000941. The second-order valence-corrected chi connectivity index (χ2v) is 7.14. The molecule has 8 nitrogen and oxygen atoms in total. The summed E-state index contributed by atoms with van der Waals surface area (Å²) in [6, 6.07) is 5.18. The topological polar surface area (TPSA) is 109 Å². The summed E-state index contributed by atoms with van der Waals surface area (Å²) in [5.41, 5.74) is 2.69. The fraction of sp³-hybridized carbons (Fsp3) is 0.476. The Bertz CT molecular complexity index is 908. The quantitative estimate of drug-likeness (QED) is 0.582. The van der Waals surface area contributed by atoms with E-state index in [4.69, 9.17) is 19.1 Å². The molecule has 0 saturated carbocycles. The van der Waals surface area contributed by atoms with Crippen LogP contribution in [0.3, 0.4) is 0 Å². The molecule has 0 radical (unpaired) electrons. The van der Waals surface area contributed by atoms with E-state index in [-0.39, 0.29) is 23.9 Å². The summed E-state index contributed by atoms with van der Waals surface area (Å²) in [7, 11) is 1.70. The number of ether oxygens (including phenoxy) is 1. The average molecular weight is 404 g/mol. The summed E-state index contributed by atoms with van der Waals surface area (Å²) in [5.74, 6) is 0.0232. The van der Waals surface area contributed by atoms with Crippen molar-refractivity contribution >= 4 is 29.0 Å². The number of piperidine rings is 1. The minimum absolute atomic E-state index is 0.0227. The molecule has 0 spiro atoms. The van der Waals surface area contributed by atoms with Crippen molar-refractivity contribution in [2.24, 2.45) is 5.92 Å². The van der Waals surface area contributed by atoms with Gasteiger partial charge in [-0.2, -0.15) is 0 Å². The highest BCUT2D eigenvalue weighted by Crippen LogP contribution is 2.26. The summed E-state index contributed by atoms with van der Waals surface area (Å²) >= 11 is 0. The molecule has 1 atom stereocenters. The van der Waals surface area contributed by atoms with Gasteiger partial charge in [0.15, 0.2) is 0 Å². The molecule has 158 valence electrons. The lowest BCUT2D eigenvalue weighted by atomic mass is 9.96. The molecule has 3 rings (SSSR count). The molecule has 1 amide bonds. The van der Waals surface area contributed by atoms with Crippen molar-refractivity contribution in [1.29, 1.82) is 0 Å². The molecule has 0 aliphatic carbocycles. The normalized spacial score (nSPS) is 16.7. The number of rotatable bonds is 5. The van der Waals surface area contributed by atoms with Crippen LogP contribution in [0, 0.1) is 19.8 Å². The Morgan fingerprint density at radius 3 is 2.76 bits per heavy atom. The maximum Gasteiger partial charge on any atom is 0.336 e. The highest BCUT2D eigenvalue weighted by atomic mass is 16.5. The van der Waals surface area contributed by atoms with Crippen LogP contribution in [0.2, 0.25) is 0 Å². The molecule has 29 heavy (non-hydrogen) atoms. The number of nitrogens with zero attached hydrogens (tertiary/aromatic N) is 1. The van der Waals surface area contributed by atoms with Gasteiger partial charge in [0, 0.05) is 37.3 Å². The zero-order valence-corrected chi connectivity index (χ0v) is 17.1. The minimum Gasteiger partial charge on any atom is -0.483 e. The Labute approximate surface area is 169 Å². The molecule has 2 heterocycles. The molecule has 1 aliphatic rings. The van der Waals surface area contributed by atoms with Crippen LogP contribution in [0.4, 0.5) is 5.69 Å². The smallest absolute Gasteiger partial charge is 0.336 e. The number of carbonyl (C=O) groups is 2. The first-order valence-corrected chi connectivity index (χ1v) is 9.54. The van der Waals surface area contributed by atoms with Gasteiger partial charge in [0.05, 0.1) is 12.5 Å². The monoisotopic (exact) mass is 404 g/mol. The number of carboxylic acid groups (broad SMARTS) is 1. The fourth-order valence-electron chi connectivity index (χ4n) is 3.53. The van der Waals surface area contributed by atoms with Crippen molar-refractivity contribution in [3.05, 3.63) is 39.7 Å². The number of anilines is 1. The summed E-state index contributed by atoms with van der Waals surface area (Å²) < 4.78 is 10.4. The van der Waals surface area contributed by atoms with E-state index in [2.05, 4.69) is 10.2 Å². The van der Waals surface area contributed by atoms with E-state index in [1.54, 1.807) is 7.11 Å². The third-order valence-corrected chi connectivity index (χ3v) is 5.04. The lowest BCUT2D eigenvalue weighted by molar-refractivity contribution is -0.123. The number of methoxy groups -OCH3 is 1. The minimum atomic E-state index is -0.357. The Kier molecular flexibility index (Phi) is 8.35. The van der Waals surface area contributed by atoms with Gasteiger partial charge in [-0.3, -0.25) is 9.59 Å². The number of carbonyl (C=O) groups excluding carboxylic acids is 1. The largest absolute Gasteiger partial charge is 0.483 e. The first-order valence-electron chi connectivity index (χ1n) is 9.54. The molecule has 2 aromatic rings. The molecule has 1 fully saturated rings. The number of amides is 1. The Hall–Kier alpha value is -2.71. The lowest BCUT2D eigenvalue weighted by Gasteiger charge is -2.31. The van der Waals surface area contributed by atoms with Crippen molar-refractivity contribution in [2.45, 2.75) is 26.7 Å². The molecule has 1 aliphatic heterocycles. The predicted molar refractivity (Wildman–Crippen MR) is 110 cm³/mol. The second-order valence-electron chi connectivity index (χ2n) is 7.14. The molecule has 8 heteroatoms. The van der Waals surface area contributed by atoms with Crippen molar-refractivity contribution in [2.75, 3.05) is 38.7 Å². The lowest BCUT2D eigenvalue weighted by Crippen LogP contribution is -2.42. The van der Waals surface area contributed by atoms with Crippen LogP contribution in [0.1, 0.15) is 24.0 Å². The number of nitrogens with one attached hydrogen (secondary N) is 1. The highest BCUT2D eigenvalue weighted by Gasteiger charge is 2.26. The first kappa shape index (κ1) is 22.6. The molecule has 0 bridgehead atoms. The van der Waals surface area contributed by atoms with Crippen LogP contribution >= 0.6 is 0 Å². The van der Waals surface area contributed by atoms with Crippen molar-refractivity contribution < 1.29 is 23.8 Å². The van der Waals surface area contributed by atoms with Gasteiger partial charge in [-0.15, -0.1) is 0 Å². The molecule has 1 aromatic carbocycles. The van der Waals surface area contributed by atoms with E-state index in [0.29, 0.717) is 12.2 Å². The van der Waals surface area contributed by atoms with Crippen LogP contribution in [-0.4, -0.2) is 55.7 Å². The number of likely N-dealkylation sites (tertiary alicyclic amines) is 1. The van der Waals surface area contributed by atoms with E-state index in [9.17, 15) is 9.59 Å². The number of fused-ring (bicyclic) bond motifs is 1. The van der Waals surface area contributed by atoms with Crippen LogP contribution in [0.15, 0.2) is 27.4 Å². The summed E-state index contributed by atoms with van der Waals surface area (Å²) in [6.45, 7) is 6.84. The van der Waals surface area contributed by atoms with Crippen molar-refractivity contribution in [3.8, 4) is 0 Å². The van der Waals surface area contributed by atoms with E-state index < -0.39 is 0 Å². The molecule has 1 aromatic heterocycles. The molecule has 1 saturated heterocycles. The summed E-state index contributed by atoms with van der Waals surface area (Å²) in [6.07, 6.45) is 1.92. The van der Waals surface area contributed by atoms with Crippen LogP contribution in [0.5, 0.6) is 0 Å². The highest BCUT2D eigenvalue weighted by molar-refractivity contribution is 5.96. The van der Waals surface area contributed by atoms with Gasteiger partial charge in [-0.25, -0.2) is 4.79 Å². The molecular formula is C21H28N2O6. The average Bonchev–Trinajstić information content (AvgIpc) is 2.68. The van der Waals surface area contributed by atoms with E-state index >= 15 is 0 Å². The third kappa shape index (κ3) is 6.13. The molecule has 2 N–H and O–H groups in total. The number of aryl methyl sites for hydroxylation is 2. The SMILES string of the molecule is COCCN1CCCC(C(=O)Nc2cc3c(C)cc(=O)oc3cc2C)C1.O=CO. The second kappa shape index (κ2) is 10.7. The van der Waals surface area contributed by atoms with Gasteiger partial charge in [0.25, 0.3) is 6.47 Å². The van der Waals surface area contributed by atoms with Gasteiger partial charge in [0.2, 0.25) is 5.91 Å². The van der Waals surface area contributed by atoms with E-state index in [1.807, 2.05) is 26.0 Å². The maximum atomic E-state index is 12.8. The first-order chi connectivity index (χ1) is 13.9. The summed E-state index contributed by atoms with van der Waals surface area (Å²) in [4.78, 5) is 35.0. The molecule has 1 unspecified atom stereocenters. The maximum absolute atomic E-state index is 12.8. The van der Waals surface area contributed by atoms with Gasteiger partial charge in [-0.1, -0.05) is 0 Å². The van der Waals surface area contributed by atoms with Gasteiger partial charge < -0.3 is 24.5 Å². The molecular weight excluding hydrogens is 376 g/mol. The van der Waals surface area contributed by atoms with Crippen LogP contribution < -0.4 is 10.9 Å². The van der Waals surface area contributed by atoms with Crippen molar-refractivity contribution in [3.63, 3.8) is 0 Å². The predicted octanol–water partition coefficient (Wildman–Crippen LogP) is 2.41. The number of hydrogen-bond donors (Lipinski definition) is 2. The van der Waals surface area contributed by atoms with Crippen LogP contribution in [0.25, 0.3) is 11.0 Å². The van der Waals surface area contributed by atoms with Gasteiger partial charge >= 0.3 is 5.63 Å². The standard InChI is InChI=1S/C20H26N2O4.CH2O2/c1-13-10-19(23)26-18-9-14(2)17(11-16(13)18)21-20(24)15-5-4-6-22(12-15)7-8-25-3;2-1-3/h9-11,15H,4-8,12H2,1-3H3,(H,21,24);1H,(H,2,3). The van der Waals surface area contributed by atoms with Crippen LogP contribution in [-0.2, 0) is 14.3 Å². The zero-order chi connectivity index (χ0) is 21.4. The zero-order valence-electron chi connectivity index (χ0n) is 17.1. The van der Waals surface area contributed by atoms with Crippen molar-refractivity contribution in [1.82, 2.24) is 4.90 Å². The Morgan fingerprint density at radius 1 is 1.34 bits per heavy atom.